The largest absolute Gasteiger partial charge is 0.340 e. The molecular formula is C17H27N5O. The molecule has 2 saturated heterocycles. The highest BCUT2D eigenvalue weighted by atomic mass is 16.2. The fourth-order valence-electron chi connectivity index (χ4n) is 4.13. The minimum Gasteiger partial charge on any atom is -0.340 e. The van der Waals surface area contributed by atoms with Gasteiger partial charge in [0.05, 0.1) is 12.1 Å². The zero-order valence-corrected chi connectivity index (χ0v) is 14.2. The summed E-state index contributed by atoms with van der Waals surface area (Å²) in [6.45, 7) is 7.65. The van der Waals surface area contributed by atoms with Gasteiger partial charge in [-0.05, 0) is 25.3 Å². The predicted molar refractivity (Wildman–Crippen MR) is 88.2 cm³/mol. The predicted octanol–water partition coefficient (Wildman–Crippen LogP) is 0.338. The maximum absolute atomic E-state index is 13.0. The molecule has 6 heteroatoms. The van der Waals surface area contributed by atoms with Crippen LogP contribution >= 0.6 is 0 Å². The van der Waals surface area contributed by atoms with Crippen LogP contribution in [0.4, 0.5) is 0 Å². The number of piperazine rings is 1. The molecule has 1 N–H and O–H groups in total. The van der Waals surface area contributed by atoms with Crippen molar-refractivity contribution in [3.63, 3.8) is 0 Å². The van der Waals surface area contributed by atoms with Crippen LogP contribution in [0, 0.1) is 12.8 Å². The quantitative estimate of drug-likeness (QED) is 0.873. The van der Waals surface area contributed by atoms with Crippen molar-refractivity contribution in [3.05, 3.63) is 17.5 Å². The third kappa shape index (κ3) is 2.78. The van der Waals surface area contributed by atoms with Crippen LogP contribution in [-0.2, 0) is 11.8 Å². The summed E-state index contributed by atoms with van der Waals surface area (Å²) in [6, 6.07) is 0.811. The van der Waals surface area contributed by atoms with Crippen LogP contribution in [0.1, 0.15) is 30.0 Å². The van der Waals surface area contributed by atoms with Gasteiger partial charge in [-0.2, -0.15) is 5.10 Å². The van der Waals surface area contributed by atoms with Gasteiger partial charge < -0.3 is 10.2 Å². The second-order valence-corrected chi connectivity index (χ2v) is 7.27. The van der Waals surface area contributed by atoms with E-state index >= 15 is 0 Å². The zero-order valence-electron chi connectivity index (χ0n) is 14.2. The number of rotatable bonds is 3. The lowest BCUT2D eigenvalue weighted by Crippen LogP contribution is -2.51. The standard InChI is InChI=1S/C17H27N5O/c1-12-14(11-19-20(12)2)15-9-18-10-16(15)17(23)22-7-5-21(6-8-22)13-3-4-13/h11,13,15-16,18H,3-10H2,1-2H3/t15-,16+/m1/s1. The van der Waals surface area contributed by atoms with E-state index in [0.29, 0.717) is 5.91 Å². The number of amides is 1. The molecule has 23 heavy (non-hydrogen) atoms. The first-order valence-corrected chi connectivity index (χ1v) is 8.87. The lowest BCUT2D eigenvalue weighted by Gasteiger charge is -2.36. The summed E-state index contributed by atoms with van der Waals surface area (Å²) >= 11 is 0. The van der Waals surface area contributed by atoms with Crippen LogP contribution in [0.3, 0.4) is 0 Å². The van der Waals surface area contributed by atoms with Gasteiger partial charge in [-0.15, -0.1) is 0 Å². The van der Waals surface area contributed by atoms with E-state index in [1.165, 1.54) is 24.1 Å². The van der Waals surface area contributed by atoms with E-state index in [0.717, 1.165) is 45.3 Å². The summed E-state index contributed by atoms with van der Waals surface area (Å²) in [5.74, 6) is 0.654. The molecule has 126 valence electrons. The van der Waals surface area contributed by atoms with Crippen LogP contribution in [0.5, 0.6) is 0 Å². The van der Waals surface area contributed by atoms with E-state index in [1.807, 2.05) is 17.9 Å². The topological polar surface area (TPSA) is 53.4 Å². The summed E-state index contributed by atoms with van der Waals surface area (Å²) in [6.07, 6.45) is 4.64. The Balaban J connectivity index is 1.44. The van der Waals surface area contributed by atoms with Crippen molar-refractivity contribution in [3.8, 4) is 0 Å². The summed E-state index contributed by atoms with van der Waals surface area (Å²) < 4.78 is 1.91. The van der Waals surface area contributed by atoms with Crippen molar-refractivity contribution in [1.29, 1.82) is 0 Å². The molecule has 2 aliphatic heterocycles. The average molecular weight is 317 g/mol. The molecule has 6 nitrogen and oxygen atoms in total. The molecule has 3 heterocycles. The van der Waals surface area contributed by atoms with Gasteiger partial charge in [0.1, 0.15) is 0 Å². The molecular weight excluding hydrogens is 290 g/mol. The first-order valence-electron chi connectivity index (χ1n) is 8.87. The number of hydrogen-bond acceptors (Lipinski definition) is 4. The Bertz CT molecular complexity index is 586. The number of carbonyl (C=O) groups excluding carboxylic acids is 1. The molecule has 0 unspecified atom stereocenters. The summed E-state index contributed by atoms with van der Waals surface area (Å²) in [4.78, 5) is 17.7. The molecule has 0 spiro atoms. The maximum Gasteiger partial charge on any atom is 0.227 e. The highest BCUT2D eigenvalue weighted by Gasteiger charge is 2.39. The van der Waals surface area contributed by atoms with Gasteiger partial charge in [0, 0.05) is 64.0 Å². The summed E-state index contributed by atoms with van der Waals surface area (Å²) in [7, 11) is 1.97. The Morgan fingerprint density at radius 3 is 2.57 bits per heavy atom. The SMILES string of the molecule is Cc1c([C@H]2CNC[C@@H]2C(=O)N2CCN(C3CC3)CC2)cnn1C. The summed E-state index contributed by atoms with van der Waals surface area (Å²) in [5, 5.41) is 7.78. The second kappa shape index (κ2) is 5.91. The first-order chi connectivity index (χ1) is 11.1. The van der Waals surface area contributed by atoms with Crippen molar-refractivity contribution >= 4 is 5.91 Å². The molecule has 3 fully saturated rings. The Hall–Kier alpha value is -1.40. The molecule has 2 atom stereocenters. The van der Waals surface area contributed by atoms with E-state index in [4.69, 9.17) is 0 Å². The molecule has 4 rings (SSSR count). The number of hydrogen-bond donors (Lipinski definition) is 1. The average Bonchev–Trinajstić information content (AvgIpc) is 3.23. The van der Waals surface area contributed by atoms with E-state index in [9.17, 15) is 4.79 Å². The van der Waals surface area contributed by atoms with Crippen molar-refractivity contribution < 1.29 is 4.79 Å². The molecule has 1 saturated carbocycles. The number of carbonyl (C=O) groups is 1. The number of nitrogens with one attached hydrogen (secondary N) is 1. The van der Waals surface area contributed by atoms with Gasteiger partial charge in [-0.25, -0.2) is 0 Å². The van der Waals surface area contributed by atoms with Gasteiger partial charge >= 0.3 is 0 Å². The van der Waals surface area contributed by atoms with Crippen molar-refractivity contribution in [2.24, 2.45) is 13.0 Å². The summed E-state index contributed by atoms with van der Waals surface area (Å²) in [5.41, 5.74) is 2.41. The second-order valence-electron chi connectivity index (χ2n) is 7.27. The first kappa shape index (κ1) is 15.1. The molecule has 1 amide bonds. The fraction of sp³-hybridized carbons (Fsp3) is 0.765. The zero-order chi connectivity index (χ0) is 16.0. The molecule has 0 bridgehead atoms. The minimum absolute atomic E-state index is 0.0605. The van der Waals surface area contributed by atoms with E-state index in [-0.39, 0.29) is 11.8 Å². The van der Waals surface area contributed by atoms with Crippen molar-refractivity contribution in [2.75, 3.05) is 39.3 Å². The number of aromatic nitrogens is 2. The Morgan fingerprint density at radius 2 is 1.96 bits per heavy atom. The van der Waals surface area contributed by atoms with E-state index in [2.05, 4.69) is 27.1 Å². The molecule has 1 aliphatic carbocycles. The smallest absolute Gasteiger partial charge is 0.227 e. The van der Waals surface area contributed by atoms with Crippen LogP contribution in [-0.4, -0.2) is 70.8 Å². The maximum atomic E-state index is 13.0. The highest BCUT2D eigenvalue weighted by Crippen LogP contribution is 2.32. The van der Waals surface area contributed by atoms with Crippen LogP contribution < -0.4 is 5.32 Å². The van der Waals surface area contributed by atoms with Gasteiger partial charge in [-0.1, -0.05) is 0 Å². The normalized spacial score (nSPS) is 29.2. The number of nitrogens with zero attached hydrogens (tertiary/aromatic N) is 4. The van der Waals surface area contributed by atoms with Crippen molar-refractivity contribution in [2.45, 2.75) is 31.7 Å². The van der Waals surface area contributed by atoms with Gasteiger partial charge in [0.15, 0.2) is 0 Å². The van der Waals surface area contributed by atoms with E-state index in [1.54, 1.807) is 0 Å². The Morgan fingerprint density at radius 1 is 1.22 bits per heavy atom. The minimum atomic E-state index is 0.0605. The highest BCUT2D eigenvalue weighted by molar-refractivity contribution is 5.81. The number of aryl methyl sites for hydroxylation is 1. The third-order valence-corrected chi connectivity index (χ3v) is 5.89. The lowest BCUT2D eigenvalue weighted by molar-refractivity contribution is -0.137. The fourth-order valence-corrected chi connectivity index (χ4v) is 4.13. The third-order valence-electron chi connectivity index (χ3n) is 5.89. The Labute approximate surface area is 137 Å². The monoisotopic (exact) mass is 317 g/mol. The van der Waals surface area contributed by atoms with Crippen LogP contribution in [0.15, 0.2) is 6.20 Å². The van der Waals surface area contributed by atoms with Crippen LogP contribution in [0.2, 0.25) is 0 Å². The van der Waals surface area contributed by atoms with Gasteiger partial charge in [0.2, 0.25) is 5.91 Å². The van der Waals surface area contributed by atoms with Crippen LogP contribution in [0.25, 0.3) is 0 Å². The molecule has 0 aromatic carbocycles. The molecule has 0 radical (unpaired) electrons. The molecule has 1 aromatic rings. The lowest BCUT2D eigenvalue weighted by atomic mass is 9.88. The van der Waals surface area contributed by atoms with Crippen molar-refractivity contribution in [1.82, 2.24) is 24.9 Å². The van der Waals surface area contributed by atoms with Gasteiger partial charge in [-0.3, -0.25) is 14.4 Å². The van der Waals surface area contributed by atoms with E-state index < -0.39 is 0 Å². The molecule has 3 aliphatic rings. The van der Waals surface area contributed by atoms with Gasteiger partial charge in [0.25, 0.3) is 0 Å². The Kier molecular flexibility index (Phi) is 3.89. The molecule has 1 aromatic heterocycles.